The summed E-state index contributed by atoms with van der Waals surface area (Å²) in [6.07, 6.45) is 0. The third-order valence-corrected chi connectivity index (χ3v) is 0. The molecule has 0 aromatic rings. The summed E-state index contributed by atoms with van der Waals surface area (Å²) in [5.74, 6) is 0. The van der Waals surface area contributed by atoms with Crippen molar-refractivity contribution in [1.29, 1.82) is 0 Å². The van der Waals surface area contributed by atoms with Crippen LogP contribution in [0.15, 0.2) is 0 Å². The minimum atomic E-state index is -3.39. The van der Waals surface area contributed by atoms with E-state index in [1.54, 1.807) is 0 Å². The van der Waals surface area contributed by atoms with E-state index in [0.29, 0.717) is 0 Å². The van der Waals surface area contributed by atoms with Crippen molar-refractivity contribution >= 4 is 25.9 Å². The molecule has 0 aliphatic rings. The van der Waals surface area contributed by atoms with Crippen LogP contribution in [0.25, 0.3) is 0 Å². The molecule has 0 bridgehead atoms. The molecule has 1 unspecified atom stereocenters. The minimum absolute atomic E-state index is 0. The van der Waals surface area contributed by atoms with Crippen molar-refractivity contribution in [2.45, 2.75) is 0 Å². The predicted octanol–water partition coefficient (Wildman–Crippen LogP) is -1.83. The molecule has 6 heavy (non-hydrogen) atoms. The van der Waals surface area contributed by atoms with Crippen LogP contribution in [0.1, 0.15) is 0 Å². The van der Waals surface area contributed by atoms with Gasteiger partial charge in [-0.2, -0.15) is 14.7 Å². The van der Waals surface area contributed by atoms with Crippen molar-refractivity contribution in [3.63, 3.8) is 0 Å². The first-order valence-corrected chi connectivity index (χ1v) is 3.14. The molecule has 5 heteroatoms. The summed E-state index contributed by atoms with van der Waals surface area (Å²) in [6, 6.07) is 0. The van der Waals surface area contributed by atoms with E-state index >= 15 is 0 Å². The van der Waals surface area contributed by atoms with Crippen LogP contribution in [-0.2, 0) is 0 Å². The standard InChI is InChI=1S/CH6O3P.AsH3/c1-5(2,3)4;/h2-4H,1H3;1H3/q+1;. The molecule has 0 aliphatic heterocycles. The SMILES string of the molecule is C[P+](O)(O)O.[AsH3]. The first kappa shape index (κ1) is 9.98. The Labute approximate surface area is 47.9 Å². The molecule has 0 aromatic carbocycles. The van der Waals surface area contributed by atoms with Crippen LogP contribution in [0.5, 0.6) is 0 Å². The monoisotopic (exact) mass is 175 g/mol. The fraction of sp³-hybridized carbons (Fsp3) is 1.00. The molecule has 0 aliphatic carbocycles. The summed E-state index contributed by atoms with van der Waals surface area (Å²) in [5.41, 5.74) is 0. The summed E-state index contributed by atoms with van der Waals surface area (Å²) in [5, 5.41) is 0. The topological polar surface area (TPSA) is 60.7 Å². The van der Waals surface area contributed by atoms with Crippen molar-refractivity contribution < 1.29 is 14.7 Å². The van der Waals surface area contributed by atoms with E-state index in [-0.39, 0.29) is 18.0 Å². The predicted molar refractivity (Wildman–Crippen MR) is 29.4 cm³/mol. The molecule has 0 saturated carbocycles. The van der Waals surface area contributed by atoms with E-state index in [2.05, 4.69) is 0 Å². The van der Waals surface area contributed by atoms with E-state index in [4.69, 9.17) is 14.7 Å². The Morgan fingerprint density at radius 3 is 1.17 bits per heavy atom. The second kappa shape index (κ2) is 2.95. The maximum absolute atomic E-state index is 7.74. The fourth-order valence-corrected chi connectivity index (χ4v) is 0. The van der Waals surface area contributed by atoms with Gasteiger partial charge >= 0.3 is 25.9 Å². The molecule has 0 aromatic heterocycles. The zero-order chi connectivity index (χ0) is 4.50. The van der Waals surface area contributed by atoms with Gasteiger partial charge < -0.3 is 0 Å². The maximum atomic E-state index is 7.74. The summed E-state index contributed by atoms with van der Waals surface area (Å²) in [7, 11) is -3.39. The van der Waals surface area contributed by atoms with Crippen LogP contribution in [0, 0.1) is 0 Å². The third-order valence-electron chi connectivity index (χ3n) is 0. The molecule has 0 fully saturated rings. The molecule has 1 atom stereocenters. The Morgan fingerprint density at radius 2 is 1.17 bits per heavy atom. The molecule has 0 radical (unpaired) electrons. The summed E-state index contributed by atoms with van der Waals surface area (Å²) >= 11 is 0. The molecule has 40 valence electrons. The van der Waals surface area contributed by atoms with Gasteiger partial charge in [-0.05, 0) is 0 Å². The Kier molecular flexibility index (Phi) is 4.90. The summed E-state index contributed by atoms with van der Waals surface area (Å²) in [6.45, 7) is 0.965. The molecule has 3 N–H and O–H groups in total. The molecule has 0 spiro atoms. The Balaban J connectivity index is 0. The van der Waals surface area contributed by atoms with Gasteiger partial charge in [-0.3, -0.25) is 0 Å². The van der Waals surface area contributed by atoms with Crippen LogP contribution in [-0.4, -0.2) is 39.3 Å². The Bertz CT molecular complexity index is 26.3. The molecule has 0 saturated heterocycles. The first-order valence-electron chi connectivity index (χ1n) is 1.05. The molecule has 0 amide bonds. The van der Waals surface area contributed by atoms with E-state index in [0.717, 1.165) is 6.66 Å². The number of hydrogen-bond acceptors (Lipinski definition) is 3. The second-order valence-electron chi connectivity index (χ2n) is 0.868. The van der Waals surface area contributed by atoms with Gasteiger partial charge in [0.1, 0.15) is 6.66 Å². The van der Waals surface area contributed by atoms with Gasteiger partial charge in [0.2, 0.25) is 0 Å². The van der Waals surface area contributed by atoms with Crippen molar-refractivity contribution in [2.24, 2.45) is 0 Å². The van der Waals surface area contributed by atoms with Crippen LogP contribution < -0.4 is 0 Å². The first-order chi connectivity index (χ1) is 2.00. The molecular weight excluding hydrogens is 166 g/mol. The number of hydrogen-bond donors (Lipinski definition) is 3. The number of rotatable bonds is 0. The Morgan fingerprint density at radius 1 is 1.17 bits per heavy atom. The molecule has 3 nitrogen and oxygen atoms in total. The zero-order valence-corrected chi connectivity index (χ0v) is 7.36. The summed E-state index contributed by atoms with van der Waals surface area (Å²) in [4.78, 5) is 23.2. The van der Waals surface area contributed by atoms with Crippen LogP contribution in [0.4, 0.5) is 0 Å². The van der Waals surface area contributed by atoms with Crippen molar-refractivity contribution in [3.8, 4) is 0 Å². The van der Waals surface area contributed by atoms with Crippen LogP contribution in [0.3, 0.4) is 0 Å². The van der Waals surface area contributed by atoms with Crippen molar-refractivity contribution in [1.82, 2.24) is 0 Å². The van der Waals surface area contributed by atoms with E-state index < -0.39 is 7.94 Å². The Hall–Kier alpha value is 0.868. The van der Waals surface area contributed by atoms with E-state index in [9.17, 15) is 0 Å². The van der Waals surface area contributed by atoms with Gasteiger partial charge in [0.05, 0.1) is 0 Å². The average molecular weight is 175 g/mol. The van der Waals surface area contributed by atoms with Gasteiger partial charge in [0.15, 0.2) is 0 Å². The van der Waals surface area contributed by atoms with Gasteiger partial charge in [-0.15, -0.1) is 0 Å². The van der Waals surface area contributed by atoms with Gasteiger partial charge in [0, 0.05) is 0 Å². The van der Waals surface area contributed by atoms with Crippen LogP contribution >= 0.6 is 7.94 Å². The van der Waals surface area contributed by atoms with E-state index in [1.807, 2.05) is 0 Å². The van der Waals surface area contributed by atoms with Crippen LogP contribution in [0.2, 0.25) is 0 Å². The van der Waals surface area contributed by atoms with Gasteiger partial charge in [0.25, 0.3) is 0 Å². The molecule has 0 rings (SSSR count). The third kappa shape index (κ3) is 96.6. The van der Waals surface area contributed by atoms with Gasteiger partial charge in [-0.1, -0.05) is 0 Å². The quantitative estimate of drug-likeness (QED) is 0.300. The van der Waals surface area contributed by atoms with E-state index in [1.165, 1.54) is 0 Å². The molecular formula is CH9AsO3P+. The summed E-state index contributed by atoms with van der Waals surface area (Å²) < 4.78 is 0. The average Bonchev–Trinajstić information content (AvgIpc) is 0.722. The van der Waals surface area contributed by atoms with Crippen molar-refractivity contribution in [3.05, 3.63) is 0 Å². The normalized spacial score (nSPS) is 10.0. The van der Waals surface area contributed by atoms with Crippen molar-refractivity contribution in [2.75, 3.05) is 6.66 Å². The fourth-order valence-electron chi connectivity index (χ4n) is 0. The second-order valence-corrected chi connectivity index (χ2v) is 2.60. The van der Waals surface area contributed by atoms with Gasteiger partial charge in [-0.25, -0.2) is 0 Å². The molecule has 0 heterocycles. The zero-order valence-electron chi connectivity index (χ0n) is 3.50.